The average Bonchev–Trinajstić information content (AvgIpc) is 2.34. The number of hydrogen-bond acceptors (Lipinski definition) is 2. The van der Waals surface area contributed by atoms with Crippen molar-refractivity contribution < 1.29 is 5.11 Å². The monoisotopic (exact) mass is 134 g/mol. The van der Waals surface area contributed by atoms with Gasteiger partial charge in [-0.15, -0.1) is 0 Å². The van der Waals surface area contributed by atoms with E-state index in [9.17, 15) is 0 Å². The van der Waals surface area contributed by atoms with E-state index >= 15 is 0 Å². The number of aromatic nitrogens is 2. The summed E-state index contributed by atoms with van der Waals surface area (Å²) in [5, 5.41) is 10.9. The number of aromatic hydroxyl groups is 1. The number of aromatic amines is 1. The Morgan fingerprint density at radius 3 is 3.20 bits per heavy atom. The molecule has 0 aliphatic carbocycles. The van der Waals surface area contributed by atoms with Gasteiger partial charge in [0.05, 0.1) is 0 Å². The van der Waals surface area contributed by atoms with Gasteiger partial charge in [0.1, 0.15) is 0 Å². The Hall–Kier alpha value is -1.51. The van der Waals surface area contributed by atoms with Crippen LogP contribution in [0.2, 0.25) is 0 Å². The van der Waals surface area contributed by atoms with Crippen LogP contribution in [0, 0.1) is 0 Å². The predicted octanol–water partition coefficient (Wildman–Crippen LogP) is 1.27. The molecule has 3 nitrogen and oxygen atoms in total. The first kappa shape index (κ1) is 5.29. The molecule has 2 N–H and O–H groups in total. The molecular formula is C7H6N2O. The minimum absolute atomic E-state index is 0.206. The molecule has 3 heteroatoms. The van der Waals surface area contributed by atoms with Gasteiger partial charge in [-0.25, -0.2) is 0 Å². The van der Waals surface area contributed by atoms with Gasteiger partial charge in [-0.3, -0.25) is 4.98 Å². The molecule has 0 saturated carbocycles. The maximum atomic E-state index is 9.13. The van der Waals surface area contributed by atoms with Crippen molar-refractivity contribution in [3.63, 3.8) is 0 Å². The van der Waals surface area contributed by atoms with Gasteiger partial charge in [-0.1, -0.05) is 0 Å². The summed E-state index contributed by atoms with van der Waals surface area (Å²) in [6.07, 6.45) is 5.07. The van der Waals surface area contributed by atoms with Gasteiger partial charge in [0.25, 0.3) is 0 Å². The van der Waals surface area contributed by atoms with Crippen LogP contribution in [0.25, 0.3) is 10.8 Å². The Balaban J connectivity index is 2.93. The molecule has 2 heterocycles. The minimum atomic E-state index is 0.206. The van der Waals surface area contributed by atoms with Crippen LogP contribution in [0.4, 0.5) is 0 Å². The Morgan fingerprint density at radius 2 is 2.40 bits per heavy atom. The lowest BCUT2D eigenvalue weighted by atomic mass is 10.3. The van der Waals surface area contributed by atoms with E-state index in [0.717, 1.165) is 10.8 Å². The number of nitrogens with zero attached hydrogens (tertiary/aromatic N) is 1. The highest BCUT2D eigenvalue weighted by Gasteiger charge is 1.97. The third-order valence-corrected chi connectivity index (χ3v) is 1.47. The lowest BCUT2D eigenvalue weighted by Crippen LogP contribution is -1.66. The molecule has 50 valence electrons. The smallest absolute Gasteiger partial charge is 0.196 e. The van der Waals surface area contributed by atoms with Crippen molar-refractivity contribution in [2.75, 3.05) is 0 Å². The lowest BCUT2D eigenvalue weighted by molar-refractivity contribution is 0.462. The highest BCUT2D eigenvalue weighted by atomic mass is 16.3. The molecule has 2 rings (SSSR count). The molecule has 0 spiro atoms. The van der Waals surface area contributed by atoms with Crippen LogP contribution in [0.1, 0.15) is 0 Å². The maximum absolute atomic E-state index is 9.13. The Bertz CT molecular complexity index is 353. The first-order valence-corrected chi connectivity index (χ1v) is 2.98. The zero-order chi connectivity index (χ0) is 6.97. The Labute approximate surface area is 57.3 Å². The van der Waals surface area contributed by atoms with Crippen LogP contribution in [0.5, 0.6) is 5.88 Å². The molecular weight excluding hydrogens is 128 g/mol. The van der Waals surface area contributed by atoms with Gasteiger partial charge in [0, 0.05) is 29.4 Å². The molecule has 0 saturated heterocycles. The van der Waals surface area contributed by atoms with Crippen molar-refractivity contribution in [3.05, 3.63) is 24.7 Å². The van der Waals surface area contributed by atoms with Gasteiger partial charge in [-0.05, 0) is 6.07 Å². The summed E-state index contributed by atoms with van der Waals surface area (Å²) >= 11 is 0. The Morgan fingerprint density at radius 1 is 1.50 bits per heavy atom. The Kier molecular flexibility index (Phi) is 0.917. The quantitative estimate of drug-likeness (QED) is 0.570. The van der Waals surface area contributed by atoms with E-state index in [2.05, 4.69) is 9.97 Å². The van der Waals surface area contributed by atoms with E-state index in [1.807, 2.05) is 0 Å². The van der Waals surface area contributed by atoms with Crippen molar-refractivity contribution in [2.45, 2.75) is 0 Å². The van der Waals surface area contributed by atoms with E-state index in [-0.39, 0.29) is 5.88 Å². The molecule has 0 amide bonds. The van der Waals surface area contributed by atoms with Crippen LogP contribution in [-0.2, 0) is 0 Å². The van der Waals surface area contributed by atoms with Crippen molar-refractivity contribution >= 4 is 10.8 Å². The molecule has 10 heavy (non-hydrogen) atoms. The molecule has 0 radical (unpaired) electrons. The van der Waals surface area contributed by atoms with Crippen LogP contribution < -0.4 is 0 Å². The van der Waals surface area contributed by atoms with Crippen molar-refractivity contribution in [2.24, 2.45) is 0 Å². The summed E-state index contributed by atoms with van der Waals surface area (Å²) in [6, 6.07) is 1.77. The molecule has 2 aromatic rings. The molecule has 0 aromatic carbocycles. The molecule has 0 atom stereocenters. The zero-order valence-corrected chi connectivity index (χ0v) is 5.20. The van der Waals surface area contributed by atoms with Gasteiger partial charge in [0.2, 0.25) is 0 Å². The molecule has 0 aliphatic rings. The summed E-state index contributed by atoms with van der Waals surface area (Å²) in [4.78, 5) is 6.59. The van der Waals surface area contributed by atoms with Gasteiger partial charge >= 0.3 is 0 Å². The van der Waals surface area contributed by atoms with Crippen molar-refractivity contribution in [1.82, 2.24) is 9.97 Å². The normalized spacial score (nSPS) is 10.4. The lowest BCUT2D eigenvalue weighted by Gasteiger charge is -1.85. The second-order valence-electron chi connectivity index (χ2n) is 2.10. The van der Waals surface area contributed by atoms with Crippen molar-refractivity contribution in [1.29, 1.82) is 0 Å². The van der Waals surface area contributed by atoms with E-state index in [1.165, 1.54) is 0 Å². The van der Waals surface area contributed by atoms with E-state index in [1.54, 1.807) is 24.7 Å². The number of fused-ring (bicyclic) bond motifs is 1. The maximum Gasteiger partial charge on any atom is 0.196 e. The topological polar surface area (TPSA) is 48.9 Å². The SMILES string of the molecule is Oc1[nH]cc2cnccc12. The highest BCUT2D eigenvalue weighted by Crippen LogP contribution is 2.20. The fourth-order valence-corrected chi connectivity index (χ4v) is 0.961. The first-order valence-electron chi connectivity index (χ1n) is 2.98. The highest BCUT2D eigenvalue weighted by molar-refractivity contribution is 5.86. The number of hydrogen-bond donors (Lipinski definition) is 2. The summed E-state index contributed by atoms with van der Waals surface area (Å²) < 4.78 is 0. The van der Waals surface area contributed by atoms with E-state index < -0.39 is 0 Å². The van der Waals surface area contributed by atoms with Crippen molar-refractivity contribution in [3.8, 4) is 5.88 Å². The molecule has 2 aromatic heterocycles. The number of rotatable bonds is 0. The van der Waals surface area contributed by atoms with E-state index in [4.69, 9.17) is 5.11 Å². The second-order valence-corrected chi connectivity index (χ2v) is 2.10. The summed E-state index contributed by atoms with van der Waals surface area (Å²) in [5.74, 6) is 0.206. The summed E-state index contributed by atoms with van der Waals surface area (Å²) in [6.45, 7) is 0. The van der Waals surface area contributed by atoms with E-state index in [0.29, 0.717) is 0 Å². The van der Waals surface area contributed by atoms with Crippen LogP contribution in [-0.4, -0.2) is 15.1 Å². The van der Waals surface area contributed by atoms with Crippen LogP contribution >= 0.6 is 0 Å². The first-order chi connectivity index (χ1) is 4.88. The zero-order valence-electron chi connectivity index (χ0n) is 5.20. The average molecular weight is 134 g/mol. The fourth-order valence-electron chi connectivity index (χ4n) is 0.961. The second kappa shape index (κ2) is 1.73. The van der Waals surface area contributed by atoms with Gasteiger partial charge in [-0.2, -0.15) is 0 Å². The molecule has 0 bridgehead atoms. The number of H-pyrrole nitrogens is 1. The minimum Gasteiger partial charge on any atom is -0.494 e. The largest absolute Gasteiger partial charge is 0.494 e. The molecule has 0 fully saturated rings. The molecule has 0 unspecified atom stereocenters. The summed E-state index contributed by atoms with van der Waals surface area (Å²) in [5.41, 5.74) is 0. The number of nitrogens with one attached hydrogen (secondary N) is 1. The summed E-state index contributed by atoms with van der Waals surface area (Å²) in [7, 11) is 0. The predicted molar refractivity (Wildman–Crippen MR) is 37.8 cm³/mol. The fraction of sp³-hybridized carbons (Fsp3) is 0. The molecule has 0 aliphatic heterocycles. The third kappa shape index (κ3) is 0.572. The number of pyridine rings is 1. The van der Waals surface area contributed by atoms with Gasteiger partial charge < -0.3 is 10.1 Å². The third-order valence-electron chi connectivity index (χ3n) is 1.47. The standard InChI is InChI=1S/C7H6N2O/c10-7-6-1-2-8-3-5(6)4-9-7/h1-4,9-10H. The van der Waals surface area contributed by atoms with Crippen LogP contribution in [0.3, 0.4) is 0 Å². The van der Waals surface area contributed by atoms with Crippen LogP contribution in [0.15, 0.2) is 24.7 Å². The van der Waals surface area contributed by atoms with Gasteiger partial charge in [0.15, 0.2) is 5.88 Å².